The topological polar surface area (TPSA) is 50.2 Å². The minimum atomic E-state index is -0.273. The maximum atomic E-state index is 12.8. The Kier molecular flexibility index (Phi) is 4.15. The highest BCUT2D eigenvalue weighted by molar-refractivity contribution is 5.79. The molecule has 2 aromatic carbocycles. The van der Waals surface area contributed by atoms with E-state index in [0.29, 0.717) is 5.95 Å². The highest BCUT2D eigenvalue weighted by Gasteiger charge is 1.98. The number of benzene rings is 2. The predicted molar refractivity (Wildman–Crippen MR) is 85.1 cm³/mol. The van der Waals surface area contributed by atoms with Gasteiger partial charge < -0.3 is 0 Å². The van der Waals surface area contributed by atoms with Gasteiger partial charge in [0.2, 0.25) is 5.95 Å². The lowest BCUT2D eigenvalue weighted by Crippen LogP contribution is -1.96. The zero-order valence-corrected chi connectivity index (χ0v) is 11.6. The smallest absolute Gasteiger partial charge is 0.243 e. The summed E-state index contributed by atoms with van der Waals surface area (Å²) < 4.78 is 12.8. The van der Waals surface area contributed by atoms with Crippen LogP contribution >= 0.6 is 0 Å². The van der Waals surface area contributed by atoms with Gasteiger partial charge in [-0.1, -0.05) is 42.5 Å². The lowest BCUT2D eigenvalue weighted by atomic mass is 10.1. The summed E-state index contributed by atoms with van der Waals surface area (Å²) in [6.45, 7) is 0. The molecule has 0 spiro atoms. The summed E-state index contributed by atoms with van der Waals surface area (Å²) in [5, 5.41) is 4.02. The quantitative estimate of drug-likeness (QED) is 0.589. The van der Waals surface area contributed by atoms with E-state index in [1.54, 1.807) is 30.7 Å². The van der Waals surface area contributed by atoms with Crippen molar-refractivity contribution in [3.05, 3.63) is 78.4 Å². The van der Waals surface area contributed by atoms with Gasteiger partial charge in [0.25, 0.3) is 0 Å². The van der Waals surface area contributed by atoms with Crippen LogP contribution < -0.4 is 5.43 Å². The van der Waals surface area contributed by atoms with Crippen LogP contribution in [-0.2, 0) is 0 Å². The van der Waals surface area contributed by atoms with Gasteiger partial charge >= 0.3 is 0 Å². The molecule has 5 heteroatoms. The molecule has 0 saturated heterocycles. The van der Waals surface area contributed by atoms with E-state index < -0.39 is 0 Å². The normalized spacial score (nSPS) is 10.8. The van der Waals surface area contributed by atoms with Crippen LogP contribution in [0.2, 0.25) is 0 Å². The number of hydrogen-bond donors (Lipinski definition) is 1. The Morgan fingerprint density at radius 2 is 1.55 bits per heavy atom. The predicted octanol–water partition coefficient (Wildman–Crippen LogP) is 3.73. The fraction of sp³-hybridized carbons (Fsp3) is 0. The molecule has 0 amide bonds. The molecule has 0 aliphatic rings. The van der Waals surface area contributed by atoms with Gasteiger partial charge in [0.15, 0.2) is 0 Å². The number of hydrazone groups is 1. The van der Waals surface area contributed by atoms with Gasteiger partial charge in [0.05, 0.1) is 6.21 Å². The first kappa shape index (κ1) is 13.9. The van der Waals surface area contributed by atoms with E-state index >= 15 is 0 Å². The highest BCUT2D eigenvalue weighted by atomic mass is 19.1. The largest absolute Gasteiger partial charge is 0.245 e. The van der Waals surface area contributed by atoms with Crippen molar-refractivity contribution in [3.8, 4) is 11.1 Å². The first-order chi connectivity index (χ1) is 10.8. The second kappa shape index (κ2) is 6.58. The van der Waals surface area contributed by atoms with E-state index in [0.717, 1.165) is 16.7 Å². The van der Waals surface area contributed by atoms with Crippen LogP contribution in [0.4, 0.5) is 10.3 Å². The first-order valence-electron chi connectivity index (χ1n) is 6.73. The maximum Gasteiger partial charge on any atom is 0.243 e. The summed E-state index contributed by atoms with van der Waals surface area (Å²) in [5.74, 6) is 0.128. The first-order valence-corrected chi connectivity index (χ1v) is 6.73. The number of halogens is 1. The van der Waals surface area contributed by atoms with Crippen molar-refractivity contribution in [2.45, 2.75) is 0 Å². The molecule has 0 radical (unpaired) electrons. The number of hydrogen-bond acceptors (Lipinski definition) is 4. The average molecular weight is 292 g/mol. The molecule has 0 saturated carbocycles. The number of nitrogens with one attached hydrogen (secondary N) is 1. The molecule has 0 fully saturated rings. The average Bonchev–Trinajstić information content (AvgIpc) is 2.58. The molecular weight excluding hydrogens is 279 g/mol. The molecule has 0 aliphatic heterocycles. The standard InChI is InChI=1S/C17H13FN4/c18-16-8-6-13(7-9-16)10-21-22-17-19-11-15(12-20-17)14-4-2-1-3-5-14/h1-12H,(H,19,20,22)/b21-10+. The van der Waals surface area contributed by atoms with Crippen LogP contribution in [0.15, 0.2) is 72.1 Å². The summed E-state index contributed by atoms with van der Waals surface area (Å²) in [6, 6.07) is 15.9. The van der Waals surface area contributed by atoms with Gasteiger partial charge in [0.1, 0.15) is 5.82 Å². The molecule has 1 aromatic heterocycles. The minimum Gasteiger partial charge on any atom is -0.245 e. The van der Waals surface area contributed by atoms with E-state index in [2.05, 4.69) is 20.5 Å². The van der Waals surface area contributed by atoms with Crippen LogP contribution in [0.25, 0.3) is 11.1 Å². The van der Waals surface area contributed by atoms with Crippen LogP contribution in [0.3, 0.4) is 0 Å². The van der Waals surface area contributed by atoms with Gasteiger partial charge in [0, 0.05) is 18.0 Å². The maximum absolute atomic E-state index is 12.8. The van der Waals surface area contributed by atoms with Crippen LogP contribution in [0, 0.1) is 5.82 Å². The SMILES string of the molecule is Fc1ccc(/C=N/Nc2ncc(-c3ccccc3)cn2)cc1. The van der Waals surface area contributed by atoms with E-state index in [1.807, 2.05) is 30.3 Å². The van der Waals surface area contributed by atoms with Crippen LogP contribution in [0.5, 0.6) is 0 Å². The van der Waals surface area contributed by atoms with Crippen molar-refractivity contribution in [1.82, 2.24) is 9.97 Å². The third-order valence-corrected chi connectivity index (χ3v) is 3.01. The summed E-state index contributed by atoms with van der Waals surface area (Å²) in [4.78, 5) is 8.41. The van der Waals surface area contributed by atoms with E-state index in [1.165, 1.54) is 12.1 Å². The molecule has 0 atom stereocenters. The van der Waals surface area contributed by atoms with Crippen molar-refractivity contribution in [3.63, 3.8) is 0 Å². The van der Waals surface area contributed by atoms with Gasteiger partial charge in [-0.15, -0.1) is 0 Å². The van der Waals surface area contributed by atoms with Crippen molar-refractivity contribution in [2.75, 3.05) is 5.43 Å². The molecule has 1 N–H and O–H groups in total. The number of rotatable bonds is 4. The fourth-order valence-electron chi connectivity index (χ4n) is 1.88. The molecule has 0 bridgehead atoms. The summed E-state index contributed by atoms with van der Waals surface area (Å²) in [6.07, 6.45) is 5.05. The van der Waals surface area contributed by atoms with Crippen molar-refractivity contribution >= 4 is 12.2 Å². The third-order valence-electron chi connectivity index (χ3n) is 3.01. The number of anilines is 1. The molecule has 1 heterocycles. The zero-order valence-electron chi connectivity index (χ0n) is 11.6. The van der Waals surface area contributed by atoms with Crippen LogP contribution in [0.1, 0.15) is 5.56 Å². The number of aromatic nitrogens is 2. The van der Waals surface area contributed by atoms with E-state index in [9.17, 15) is 4.39 Å². The lowest BCUT2D eigenvalue weighted by molar-refractivity contribution is 0.628. The molecule has 0 unspecified atom stereocenters. The second-order valence-electron chi connectivity index (χ2n) is 4.58. The molecule has 0 aliphatic carbocycles. The van der Waals surface area contributed by atoms with Crippen molar-refractivity contribution in [2.24, 2.45) is 5.10 Å². The zero-order chi connectivity index (χ0) is 15.2. The molecule has 4 nitrogen and oxygen atoms in total. The second-order valence-corrected chi connectivity index (χ2v) is 4.58. The molecular formula is C17H13FN4. The Morgan fingerprint density at radius 3 is 2.23 bits per heavy atom. The Morgan fingerprint density at radius 1 is 0.864 bits per heavy atom. The van der Waals surface area contributed by atoms with Gasteiger partial charge in [-0.25, -0.2) is 19.8 Å². The number of nitrogens with zero attached hydrogens (tertiary/aromatic N) is 3. The van der Waals surface area contributed by atoms with E-state index in [4.69, 9.17) is 0 Å². The Bertz CT molecular complexity index is 753. The van der Waals surface area contributed by atoms with Crippen molar-refractivity contribution < 1.29 is 4.39 Å². The molecule has 3 rings (SSSR count). The van der Waals surface area contributed by atoms with Crippen LogP contribution in [-0.4, -0.2) is 16.2 Å². The van der Waals surface area contributed by atoms with Gasteiger partial charge in [-0.2, -0.15) is 5.10 Å². The van der Waals surface area contributed by atoms with E-state index in [-0.39, 0.29) is 5.82 Å². The summed E-state index contributed by atoms with van der Waals surface area (Å²) >= 11 is 0. The molecule has 3 aromatic rings. The highest BCUT2D eigenvalue weighted by Crippen LogP contribution is 2.17. The summed E-state index contributed by atoms with van der Waals surface area (Å²) in [5.41, 5.74) is 5.52. The lowest BCUT2D eigenvalue weighted by Gasteiger charge is -2.02. The Hall–Kier alpha value is -3.08. The Labute approximate surface area is 127 Å². The molecule has 22 heavy (non-hydrogen) atoms. The van der Waals surface area contributed by atoms with Gasteiger partial charge in [-0.05, 0) is 23.3 Å². The monoisotopic (exact) mass is 292 g/mol. The Balaban J connectivity index is 1.65. The fourth-order valence-corrected chi connectivity index (χ4v) is 1.88. The summed E-state index contributed by atoms with van der Waals surface area (Å²) in [7, 11) is 0. The third kappa shape index (κ3) is 3.52. The van der Waals surface area contributed by atoms with Crippen molar-refractivity contribution in [1.29, 1.82) is 0 Å². The van der Waals surface area contributed by atoms with Gasteiger partial charge in [-0.3, -0.25) is 0 Å². The molecule has 108 valence electrons. The minimum absolute atomic E-state index is 0.273.